The number of anilines is 1. The summed E-state index contributed by atoms with van der Waals surface area (Å²) in [6, 6.07) is 5.21. The van der Waals surface area contributed by atoms with E-state index in [1.54, 1.807) is 23.1 Å². The third kappa shape index (κ3) is 2.88. The van der Waals surface area contributed by atoms with E-state index < -0.39 is 0 Å². The number of aliphatic hydroxyl groups is 1. The molecule has 1 aromatic carbocycles. The fraction of sp³-hybridized carbons (Fsp3) is 0.533. The minimum Gasteiger partial charge on any atom is -0.494 e. The topological polar surface area (TPSA) is 75.8 Å². The van der Waals surface area contributed by atoms with Crippen molar-refractivity contribution in [2.24, 2.45) is 5.92 Å². The Bertz CT molecular complexity index is 480. The smallest absolute Gasteiger partial charge is 0.257 e. The lowest BCUT2D eigenvalue weighted by atomic mass is 9.92. The highest BCUT2D eigenvalue weighted by molar-refractivity contribution is 5.98. The van der Waals surface area contributed by atoms with Crippen molar-refractivity contribution in [1.29, 1.82) is 0 Å². The van der Waals surface area contributed by atoms with Crippen molar-refractivity contribution in [1.82, 2.24) is 4.90 Å². The monoisotopic (exact) mass is 278 g/mol. The fourth-order valence-corrected chi connectivity index (χ4v) is 2.71. The summed E-state index contributed by atoms with van der Waals surface area (Å²) in [5.41, 5.74) is 6.80. The zero-order chi connectivity index (χ0) is 14.7. The number of benzene rings is 1. The first-order valence-corrected chi connectivity index (χ1v) is 6.94. The number of nitrogens with two attached hydrogens (primary N) is 1. The third-order valence-electron chi connectivity index (χ3n) is 3.99. The standard InChI is InChI=1S/C15H22N2O3/c1-10(18)11-6-8-17(9-7-11)15(19)12-4-3-5-13(16)14(12)20-2/h3-5,10-11,18H,6-9,16H2,1-2H3. The van der Waals surface area contributed by atoms with Gasteiger partial charge in [-0.1, -0.05) is 6.07 Å². The van der Waals surface area contributed by atoms with Crippen LogP contribution in [0.4, 0.5) is 5.69 Å². The lowest BCUT2D eigenvalue weighted by molar-refractivity contribution is 0.0519. The molecule has 110 valence electrons. The number of methoxy groups -OCH3 is 1. The predicted octanol–water partition coefficient (Wildman–Crippen LogP) is 1.51. The van der Waals surface area contributed by atoms with E-state index in [-0.39, 0.29) is 17.9 Å². The van der Waals surface area contributed by atoms with E-state index in [1.165, 1.54) is 7.11 Å². The molecule has 1 aliphatic rings. The minimum atomic E-state index is -0.311. The van der Waals surface area contributed by atoms with Gasteiger partial charge in [-0.25, -0.2) is 0 Å². The first kappa shape index (κ1) is 14.7. The molecule has 1 atom stereocenters. The average molecular weight is 278 g/mol. The molecule has 1 saturated heterocycles. The predicted molar refractivity (Wildman–Crippen MR) is 77.7 cm³/mol. The second kappa shape index (κ2) is 6.13. The van der Waals surface area contributed by atoms with Crippen molar-refractivity contribution in [3.05, 3.63) is 23.8 Å². The highest BCUT2D eigenvalue weighted by Crippen LogP contribution is 2.29. The lowest BCUT2D eigenvalue weighted by Gasteiger charge is -2.33. The Kier molecular flexibility index (Phi) is 4.49. The maximum atomic E-state index is 12.5. The zero-order valence-electron chi connectivity index (χ0n) is 12.0. The largest absolute Gasteiger partial charge is 0.494 e. The first-order valence-electron chi connectivity index (χ1n) is 6.94. The molecule has 1 heterocycles. The summed E-state index contributed by atoms with van der Waals surface area (Å²) in [5, 5.41) is 9.60. The van der Waals surface area contributed by atoms with E-state index in [2.05, 4.69) is 0 Å². The molecule has 2 rings (SSSR count). The number of rotatable bonds is 3. The molecule has 1 unspecified atom stereocenters. The van der Waals surface area contributed by atoms with Gasteiger partial charge in [-0.15, -0.1) is 0 Å². The van der Waals surface area contributed by atoms with Crippen LogP contribution in [0.1, 0.15) is 30.1 Å². The molecule has 1 aromatic rings. The summed E-state index contributed by atoms with van der Waals surface area (Å²) in [6.45, 7) is 3.13. The van der Waals surface area contributed by atoms with Crippen LogP contribution in [-0.2, 0) is 0 Å². The third-order valence-corrected chi connectivity index (χ3v) is 3.99. The van der Waals surface area contributed by atoms with Gasteiger partial charge in [0.15, 0.2) is 5.75 Å². The van der Waals surface area contributed by atoms with Crippen LogP contribution in [0.25, 0.3) is 0 Å². The molecule has 0 saturated carbocycles. The van der Waals surface area contributed by atoms with Crippen LogP contribution in [0.2, 0.25) is 0 Å². The number of carbonyl (C=O) groups is 1. The number of aliphatic hydroxyl groups excluding tert-OH is 1. The summed E-state index contributed by atoms with van der Waals surface area (Å²) >= 11 is 0. The summed E-state index contributed by atoms with van der Waals surface area (Å²) < 4.78 is 5.23. The van der Waals surface area contributed by atoms with E-state index in [4.69, 9.17) is 10.5 Å². The van der Waals surface area contributed by atoms with Gasteiger partial charge in [0.1, 0.15) is 0 Å². The molecule has 1 amide bonds. The quantitative estimate of drug-likeness (QED) is 0.822. The van der Waals surface area contributed by atoms with Gasteiger partial charge < -0.3 is 20.5 Å². The van der Waals surface area contributed by atoms with Gasteiger partial charge in [-0.05, 0) is 37.8 Å². The van der Waals surface area contributed by atoms with Crippen LogP contribution in [-0.4, -0.2) is 42.2 Å². The van der Waals surface area contributed by atoms with Crippen LogP contribution >= 0.6 is 0 Å². The van der Waals surface area contributed by atoms with Crippen LogP contribution < -0.4 is 10.5 Å². The maximum Gasteiger partial charge on any atom is 0.257 e. The highest BCUT2D eigenvalue weighted by Gasteiger charge is 2.27. The summed E-state index contributed by atoms with van der Waals surface area (Å²) in [4.78, 5) is 14.3. The van der Waals surface area contributed by atoms with E-state index in [1.807, 2.05) is 6.92 Å². The Hall–Kier alpha value is -1.75. The van der Waals surface area contributed by atoms with Gasteiger partial charge in [0.2, 0.25) is 0 Å². The number of carbonyl (C=O) groups excluding carboxylic acids is 1. The first-order chi connectivity index (χ1) is 9.54. The lowest BCUT2D eigenvalue weighted by Crippen LogP contribution is -2.40. The Morgan fingerprint density at radius 2 is 2.10 bits per heavy atom. The number of hydrogen-bond acceptors (Lipinski definition) is 4. The fourth-order valence-electron chi connectivity index (χ4n) is 2.71. The average Bonchev–Trinajstić information content (AvgIpc) is 2.46. The molecule has 20 heavy (non-hydrogen) atoms. The molecule has 0 radical (unpaired) electrons. The van der Waals surface area contributed by atoms with Crippen LogP contribution in [0.15, 0.2) is 18.2 Å². The molecule has 0 bridgehead atoms. The molecule has 0 spiro atoms. The molecule has 5 nitrogen and oxygen atoms in total. The molecular weight excluding hydrogens is 256 g/mol. The number of amides is 1. The number of likely N-dealkylation sites (tertiary alicyclic amines) is 1. The van der Waals surface area contributed by atoms with Crippen molar-refractivity contribution in [3.8, 4) is 5.75 Å². The van der Waals surface area contributed by atoms with Crippen LogP contribution in [0.5, 0.6) is 5.75 Å². The van der Waals surface area contributed by atoms with E-state index in [9.17, 15) is 9.90 Å². The van der Waals surface area contributed by atoms with E-state index >= 15 is 0 Å². The molecule has 1 fully saturated rings. The van der Waals surface area contributed by atoms with Crippen molar-refractivity contribution < 1.29 is 14.6 Å². The van der Waals surface area contributed by atoms with Gasteiger partial charge in [0.05, 0.1) is 24.5 Å². The van der Waals surface area contributed by atoms with Crippen molar-refractivity contribution in [2.75, 3.05) is 25.9 Å². The second-order valence-corrected chi connectivity index (χ2v) is 5.30. The molecule has 1 aliphatic heterocycles. The molecule has 3 N–H and O–H groups in total. The second-order valence-electron chi connectivity index (χ2n) is 5.30. The molecule has 0 aliphatic carbocycles. The number of piperidine rings is 1. The van der Waals surface area contributed by atoms with E-state index in [0.29, 0.717) is 30.1 Å². The summed E-state index contributed by atoms with van der Waals surface area (Å²) in [5.74, 6) is 0.662. The number of nitrogens with zero attached hydrogens (tertiary/aromatic N) is 1. The van der Waals surface area contributed by atoms with Gasteiger partial charge in [0, 0.05) is 13.1 Å². The number of ether oxygens (including phenoxy) is 1. The number of hydrogen-bond donors (Lipinski definition) is 2. The number of nitrogen functional groups attached to an aromatic ring is 1. The van der Waals surface area contributed by atoms with Crippen molar-refractivity contribution in [2.45, 2.75) is 25.9 Å². The maximum absolute atomic E-state index is 12.5. The van der Waals surface area contributed by atoms with Crippen LogP contribution in [0, 0.1) is 5.92 Å². The van der Waals surface area contributed by atoms with E-state index in [0.717, 1.165) is 12.8 Å². The van der Waals surface area contributed by atoms with Gasteiger partial charge in [-0.3, -0.25) is 4.79 Å². The summed E-state index contributed by atoms with van der Waals surface area (Å²) in [7, 11) is 1.52. The van der Waals surface area contributed by atoms with Crippen molar-refractivity contribution >= 4 is 11.6 Å². The Labute approximate surface area is 119 Å². The highest BCUT2D eigenvalue weighted by atomic mass is 16.5. The Morgan fingerprint density at radius 3 is 2.65 bits per heavy atom. The normalized spacial score (nSPS) is 17.9. The van der Waals surface area contributed by atoms with Crippen LogP contribution in [0.3, 0.4) is 0 Å². The molecule has 5 heteroatoms. The van der Waals surface area contributed by atoms with Gasteiger partial charge in [-0.2, -0.15) is 0 Å². The van der Waals surface area contributed by atoms with Crippen molar-refractivity contribution in [3.63, 3.8) is 0 Å². The minimum absolute atomic E-state index is 0.0572. The zero-order valence-corrected chi connectivity index (χ0v) is 12.0. The summed E-state index contributed by atoms with van der Waals surface area (Å²) in [6.07, 6.45) is 1.34. The number of para-hydroxylation sites is 1. The SMILES string of the molecule is COc1c(N)cccc1C(=O)N1CCC(C(C)O)CC1. The molecule has 0 aromatic heterocycles. The Balaban J connectivity index is 2.11. The van der Waals surface area contributed by atoms with Gasteiger partial charge >= 0.3 is 0 Å². The van der Waals surface area contributed by atoms with Gasteiger partial charge in [0.25, 0.3) is 5.91 Å². The molecular formula is C15H22N2O3. The Morgan fingerprint density at radius 1 is 1.45 bits per heavy atom.